The molecule has 1 aromatic heterocycles. The lowest BCUT2D eigenvalue weighted by molar-refractivity contribution is 0.421. The van der Waals surface area contributed by atoms with Crippen molar-refractivity contribution in [3.63, 3.8) is 0 Å². The maximum absolute atomic E-state index is 13.6. The lowest BCUT2D eigenvalue weighted by Crippen LogP contribution is -2.05. The van der Waals surface area contributed by atoms with Gasteiger partial charge < -0.3 is 10.5 Å². The molecule has 0 atom stereocenters. The predicted octanol–water partition coefficient (Wildman–Crippen LogP) is 3.25. The van der Waals surface area contributed by atoms with Gasteiger partial charge in [0.2, 0.25) is 5.88 Å². The Morgan fingerprint density at radius 3 is 2.68 bits per heavy atom. The van der Waals surface area contributed by atoms with Gasteiger partial charge in [0.15, 0.2) is 11.6 Å². The fourth-order valence-electron chi connectivity index (χ4n) is 1.62. The summed E-state index contributed by atoms with van der Waals surface area (Å²) in [5, 5.41) is 0. The maximum atomic E-state index is 13.6. The summed E-state index contributed by atoms with van der Waals surface area (Å²) in [6.07, 6.45) is 1.61. The summed E-state index contributed by atoms with van der Waals surface area (Å²) in [4.78, 5) is 8.46. The summed E-state index contributed by atoms with van der Waals surface area (Å²) in [6.45, 7) is 3.78. The minimum Gasteiger partial charge on any atom is -0.435 e. The molecule has 1 aromatic carbocycles. The van der Waals surface area contributed by atoms with Crippen LogP contribution < -0.4 is 10.5 Å². The van der Waals surface area contributed by atoms with Gasteiger partial charge in [0, 0.05) is 6.42 Å². The summed E-state index contributed by atoms with van der Waals surface area (Å²) in [5.74, 6) is 0.977. The van der Waals surface area contributed by atoms with Crippen LogP contribution in [0.5, 0.6) is 11.6 Å². The van der Waals surface area contributed by atoms with Crippen LogP contribution in [0.2, 0.25) is 0 Å². The first-order valence-electron chi connectivity index (χ1n) is 6.17. The van der Waals surface area contributed by atoms with Gasteiger partial charge in [-0.05, 0) is 25.5 Å². The van der Waals surface area contributed by atoms with Crippen LogP contribution >= 0.6 is 0 Å². The lowest BCUT2D eigenvalue weighted by Gasteiger charge is -2.11. The van der Waals surface area contributed by atoms with Crippen molar-refractivity contribution in [2.24, 2.45) is 0 Å². The molecule has 2 N–H and O–H groups in total. The molecule has 4 nitrogen and oxygen atoms in total. The van der Waals surface area contributed by atoms with Crippen molar-refractivity contribution in [3.05, 3.63) is 41.5 Å². The highest BCUT2D eigenvalue weighted by atomic mass is 19.1. The number of hydrogen-bond acceptors (Lipinski definition) is 4. The molecule has 0 saturated carbocycles. The molecule has 0 aliphatic carbocycles. The highest BCUT2D eigenvalue weighted by molar-refractivity contribution is 5.46. The van der Waals surface area contributed by atoms with E-state index in [-0.39, 0.29) is 5.75 Å². The zero-order valence-corrected chi connectivity index (χ0v) is 11.0. The maximum Gasteiger partial charge on any atom is 0.227 e. The van der Waals surface area contributed by atoms with Crippen LogP contribution in [0.25, 0.3) is 0 Å². The predicted molar refractivity (Wildman–Crippen MR) is 71.7 cm³/mol. The third-order valence-electron chi connectivity index (χ3n) is 2.70. The number of nitrogens with zero attached hydrogens (tertiary/aromatic N) is 2. The first-order valence-corrected chi connectivity index (χ1v) is 6.17. The van der Waals surface area contributed by atoms with E-state index < -0.39 is 5.82 Å². The molecule has 2 aromatic rings. The molecule has 2 rings (SSSR count). The Bertz CT molecular complexity index is 587. The lowest BCUT2D eigenvalue weighted by atomic mass is 10.3. The molecule has 100 valence electrons. The van der Waals surface area contributed by atoms with Crippen LogP contribution in [-0.2, 0) is 6.42 Å². The van der Waals surface area contributed by atoms with Crippen LogP contribution in [0.4, 0.5) is 10.2 Å². The molecular weight excluding hydrogens is 245 g/mol. The standard InChI is InChI=1S/C14H16FN3O/c1-3-6-12-17-13(16)9(2)14(18-12)19-11-8-5-4-7-10(11)15/h4-5,7-8H,3,6H2,1-2H3,(H2,16,17,18). The Labute approximate surface area is 111 Å². The highest BCUT2D eigenvalue weighted by Crippen LogP contribution is 2.27. The van der Waals surface area contributed by atoms with E-state index in [4.69, 9.17) is 10.5 Å². The van der Waals surface area contributed by atoms with E-state index >= 15 is 0 Å². The summed E-state index contributed by atoms with van der Waals surface area (Å²) in [7, 11) is 0. The first kappa shape index (κ1) is 13.3. The quantitative estimate of drug-likeness (QED) is 0.917. The van der Waals surface area contributed by atoms with E-state index in [2.05, 4.69) is 9.97 Å². The first-order chi connectivity index (χ1) is 9.11. The highest BCUT2D eigenvalue weighted by Gasteiger charge is 2.12. The monoisotopic (exact) mass is 261 g/mol. The Morgan fingerprint density at radius 1 is 1.26 bits per heavy atom. The SMILES string of the molecule is CCCc1nc(N)c(C)c(Oc2ccccc2F)n1. The summed E-state index contributed by atoms with van der Waals surface area (Å²) in [5.41, 5.74) is 6.43. The number of para-hydroxylation sites is 1. The number of anilines is 1. The van der Waals surface area contributed by atoms with Gasteiger partial charge in [0.1, 0.15) is 11.6 Å². The Morgan fingerprint density at radius 2 is 2.00 bits per heavy atom. The second-order valence-electron chi connectivity index (χ2n) is 4.24. The van der Waals surface area contributed by atoms with Gasteiger partial charge in [0.25, 0.3) is 0 Å². The topological polar surface area (TPSA) is 61.0 Å². The minimum absolute atomic E-state index is 0.131. The van der Waals surface area contributed by atoms with Crippen LogP contribution in [0.3, 0.4) is 0 Å². The molecule has 0 fully saturated rings. The second-order valence-corrected chi connectivity index (χ2v) is 4.24. The third kappa shape index (κ3) is 2.99. The molecule has 19 heavy (non-hydrogen) atoms. The van der Waals surface area contributed by atoms with E-state index in [9.17, 15) is 4.39 Å². The van der Waals surface area contributed by atoms with Crippen molar-refractivity contribution in [3.8, 4) is 11.6 Å². The van der Waals surface area contributed by atoms with Crippen molar-refractivity contribution >= 4 is 5.82 Å². The zero-order valence-electron chi connectivity index (χ0n) is 11.0. The van der Waals surface area contributed by atoms with Crippen molar-refractivity contribution < 1.29 is 9.13 Å². The third-order valence-corrected chi connectivity index (χ3v) is 2.70. The van der Waals surface area contributed by atoms with Crippen LogP contribution in [0.1, 0.15) is 24.7 Å². The molecule has 5 heteroatoms. The molecule has 0 aliphatic heterocycles. The zero-order chi connectivity index (χ0) is 13.8. The number of aromatic nitrogens is 2. The number of aryl methyl sites for hydroxylation is 1. The summed E-state index contributed by atoms with van der Waals surface area (Å²) in [6, 6.07) is 6.19. The Kier molecular flexibility index (Phi) is 3.94. The van der Waals surface area contributed by atoms with Crippen LogP contribution in [0, 0.1) is 12.7 Å². The minimum atomic E-state index is -0.434. The van der Waals surface area contributed by atoms with Crippen LogP contribution in [0.15, 0.2) is 24.3 Å². The largest absolute Gasteiger partial charge is 0.435 e. The fourth-order valence-corrected chi connectivity index (χ4v) is 1.62. The Balaban J connectivity index is 2.36. The van der Waals surface area contributed by atoms with Crippen molar-refractivity contribution in [1.29, 1.82) is 0 Å². The van der Waals surface area contributed by atoms with E-state index in [1.54, 1.807) is 25.1 Å². The van der Waals surface area contributed by atoms with E-state index in [1.165, 1.54) is 6.07 Å². The van der Waals surface area contributed by atoms with Gasteiger partial charge in [0.05, 0.1) is 5.56 Å². The van der Waals surface area contributed by atoms with Gasteiger partial charge >= 0.3 is 0 Å². The van der Waals surface area contributed by atoms with Gasteiger partial charge in [-0.15, -0.1) is 0 Å². The molecule has 0 aliphatic rings. The number of nitrogens with two attached hydrogens (primary N) is 1. The molecule has 0 saturated heterocycles. The Hall–Kier alpha value is -2.17. The molecule has 0 amide bonds. The van der Waals surface area contributed by atoms with Crippen LogP contribution in [-0.4, -0.2) is 9.97 Å². The fraction of sp³-hybridized carbons (Fsp3) is 0.286. The van der Waals surface area contributed by atoms with Gasteiger partial charge in [-0.1, -0.05) is 19.1 Å². The molecule has 0 bridgehead atoms. The number of nitrogen functional groups attached to an aromatic ring is 1. The molecular formula is C14H16FN3O. The number of ether oxygens (including phenoxy) is 1. The van der Waals surface area contributed by atoms with Crippen molar-refractivity contribution in [1.82, 2.24) is 9.97 Å². The summed E-state index contributed by atoms with van der Waals surface area (Å²) >= 11 is 0. The number of benzene rings is 1. The average molecular weight is 261 g/mol. The van der Waals surface area contributed by atoms with Gasteiger partial charge in [-0.3, -0.25) is 0 Å². The number of halogens is 1. The summed E-state index contributed by atoms with van der Waals surface area (Å²) < 4.78 is 19.1. The van der Waals surface area contributed by atoms with Crippen molar-refractivity contribution in [2.75, 3.05) is 5.73 Å². The van der Waals surface area contributed by atoms with Gasteiger partial charge in [-0.25, -0.2) is 9.37 Å². The number of hydrogen-bond donors (Lipinski definition) is 1. The number of rotatable bonds is 4. The smallest absolute Gasteiger partial charge is 0.227 e. The molecule has 1 heterocycles. The van der Waals surface area contributed by atoms with E-state index in [0.29, 0.717) is 29.5 Å². The second kappa shape index (κ2) is 5.65. The molecule has 0 spiro atoms. The normalized spacial score (nSPS) is 10.5. The van der Waals surface area contributed by atoms with E-state index in [0.717, 1.165) is 6.42 Å². The van der Waals surface area contributed by atoms with Crippen molar-refractivity contribution in [2.45, 2.75) is 26.7 Å². The van der Waals surface area contributed by atoms with E-state index in [1.807, 2.05) is 6.92 Å². The van der Waals surface area contributed by atoms with Gasteiger partial charge in [-0.2, -0.15) is 4.98 Å². The molecule has 0 radical (unpaired) electrons. The average Bonchev–Trinajstić information content (AvgIpc) is 2.38. The molecule has 0 unspecified atom stereocenters.